The van der Waals surface area contributed by atoms with Gasteiger partial charge in [0, 0.05) is 68.9 Å². The summed E-state index contributed by atoms with van der Waals surface area (Å²) in [6.07, 6.45) is 9.39. The maximum atomic E-state index is 14.8. The number of benzene rings is 4. The quantitative estimate of drug-likeness (QED) is 0.0984. The summed E-state index contributed by atoms with van der Waals surface area (Å²) in [5, 5.41) is 16.9. The van der Waals surface area contributed by atoms with Crippen molar-refractivity contribution in [1.82, 2.24) is 39.3 Å². The number of halogens is 3. The minimum Gasteiger partial charge on any atom is -0.475 e. The van der Waals surface area contributed by atoms with Gasteiger partial charge in [-0.05, 0) is 130 Å². The Kier molecular flexibility index (Phi) is 19.3. The predicted octanol–water partition coefficient (Wildman–Crippen LogP) is 9.84. The summed E-state index contributed by atoms with van der Waals surface area (Å²) in [5.41, 5.74) is 4.30. The Balaban J connectivity index is 0.00000110. The molecule has 5 heterocycles. The van der Waals surface area contributed by atoms with Gasteiger partial charge in [-0.2, -0.15) is 18.3 Å². The first kappa shape index (κ1) is 61.5. The number of hydrogen-bond donors (Lipinski definition) is 2. The van der Waals surface area contributed by atoms with Gasteiger partial charge >= 0.3 is 30.1 Å². The number of piperidine rings is 2. The van der Waals surface area contributed by atoms with Crippen molar-refractivity contribution < 1.29 is 51.7 Å². The average Bonchev–Trinajstić information content (AvgIpc) is 2.98. The minimum absolute atomic E-state index is 0.0174. The molecule has 4 aromatic carbocycles. The van der Waals surface area contributed by atoms with Gasteiger partial charge in [-0.1, -0.05) is 123 Å². The topological polar surface area (TPSA) is 189 Å². The normalized spacial score (nSPS) is 19.3. The van der Waals surface area contributed by atoms with Gasteiger partial charge in [-0.3, -0.25) is 28.6 Å². The summed E-state index contributed by atoms with van der Waals surface area (Å²) in [5.74, 6) is -3.50. The smallest absolute Gasteiger partial charge is 0.475 e. The molecule has 86 heavy (non-hydrogen) atoms. The molecule has 17 nitrogen and oxygen atoms in total. The number of nitrogens with one attached hydrogen (secondary N) is 1. The van der Waals surface area contributed by atoms with Gasteiger partial charge in [-0.25, -0.2) is 14.3 Å². The number of fused-ring (bicyclic) bond motifs is 2. The molecule has 11 rings (SSSR count). The predicted molar refractivity (Wildman–Crippen MR) is 319 cm³/mol. The lowest BCUT2D eigenvalue weighted by molar-refractivity contribution is -0.192. The van der Waals surface area contributed by atoms with Crippen LogP contribution in [0.4, 0.5) is 18.0 Å². The zero-order valence-electron chi connectivity index (χ0n) is 49.3. The molecule has 0 radical (unpaired) electrons. The van der Waals surface area contributed by atoms with Gasteiger partial charge in [0.05, 0.1) is 21.9 Å². The number of carbonyl (C=O) groups is 5. The molecule has 458 valence electrons. The molecule has 1 atom stereocenters. The van der Waals surface area contributed by atoms with E-state index in [4.69, 9.17) is 24.5 Å². The Bertz CT molecular complexity index is 3410. The van der Waals surface area contributed by atoms with Crippen LogP contribution in [0.25, 0.3) is 21.8 Å². The number of likely N-dealkylation sites (tertiary alicyclic amines) is 2. The second-order valence-electron chi connectivity index (χ2n) is 24.2. The number of esters is 2. The fourth-order valence-corrected chi connectivity index (χ4v) is 13.9. The number of piperazine rings is 1. The lowest BCUT2D eigenvalue weighted by Gasteiger charge is -2.43. The van der Waals surface area contributed by atoms with E-state index in [1.807, 2.05) is 121 Å². The molecule has 3 amide bonds. The fraction of sp³-hybridized carbons (Fsp3) is 0.500. The van der Waals surface area contributed by atoms with Crippen LogP contribution in [-0.2, 0) is 59.4 Å². The van der Waals surface area contributed by atoms with Crippen molar-refractivity contribution in [2.75, 3.05) is 59.4 Å². The van der Waals surface area contributed by atoms with Gasteiger partial charge in [0.2, 0.25) is 5.91 Å². The van der Waals surface area contributed by atoms with Crippen molar-refractivity contribution in [3.63, 3.8) is 0 Å². The van der Waals surface area contributed by atoms with E-state index >= 15 is 0 Å². The van der Waals surface area contributed by atoms with E-state index in [1.165, 1.54) is 0 Å². The maximum Gasteiger partial charge on any atom is 0.490 e. The monoisotopic (exact) mass is 1180 g/mol. The molecule has 20 heteroatoms. The number of rotatable bonds is 14. The van der Waals surface area contributed by atoms with Crippen LogP contribution in [0, 0.1) is 6.92 Å². The van der Waals surface area contributed by atoms with Crippen molar-refractivity contribution in [1.29, 1.82) is 0 Å². The van der Waals surface area contributed by atoms with Crippen LogP contribution < -0.4 is 10.9 Å². The third-order valence-electron chi connectivity index (χ3n) is 18.8. The third-order valence-corrected chi connectivity index (χ3v) is 18.8. The van der Waals surface area contributed by atoms with E-state index in [2.05, 4.69) is 22.2 Å². The van der Waals surface area contributed by atoms with E-state index in [1.54, 1.807) is 14.1 Å². The van der Waals surface area contributed by atoms with Crippen LogP contribution >= 0.6 is 0 Å². The second kappa shape index (κ2) is 27.0. The van der Waals surface area contributed by atoms with E-state index in [9.17, 15) is 37.1 Å². The van der Waals surface area contributed by atoms with Crippen LogP contribution in [0.5, 0.6) is 0 Å². The van der Waals surface area contributed by atoms with Crippen molar-refractivity contribution in [2.24, 2.45) is 0 Å². The molecule has 5 aliphatic rings. The summed E-state index contributed by atoms with van der Waals surface area (Å²) in [4.78, 5) is 89.6. The molecule has 2 saturated carbocycles. The first-order valence-electron chi connectivity index (χ1n) is 30.5. The number of carboxylic acid groups (broad SMARTS) is 1. The summed E-state index contributed by atoms with van der Waals surface area (Å²) >= 11 is 0. The number of amides is 3. The van der Waals surface area contributed by atoms with Crippen molar-refractivity contribution in [2.45, 2.75) is 152 Å². The summed E-state index contributed by atoms with van der Waals surface area (Å²) in [7, 11) is 2.17. The molecule has 3 saturated heterocycles. The Hall–Kier alpha value is -7.58. The Morgan fingerprint density at radius 1 is 0.674 bits per heavy atom. The number of hydrogen-bond acceptors (Lipinski definition) is 11. The average molecular weight is 1190 g/mol. The highest BCUT2D eigenvalue weighted by molar-refractivity contribution is 5.89. The molecular formula is C66H79F3N8O9. The van der Waals surface area contributed by atoms with Gasteiger partial charge < -0.3 is 34.6 Å². The summed E-state index contributed by atoms with van der Waals surface area (Å²) < 4.78 is 47.3. The van der Waals surface area contributed by atoms with Crippen LogP contribution in [0.3, 0.4) is 0 Å². The Morgan fingerprint density at radius 3 is 1.79 bits per heavy atom. The first-order valence-corrected chi connectivity index (χ1v) is 30.5. The molecule has 2 aromatic heterocycles. The highest BCUT2D eigenvalue weighted by Crippen LogP contribution is 2.42. The Labute approximate surface area is 499 Å². The molecular weight excluding hydrogens is 1110 g/mol. The van der Waals surface area contributed by atoms with Gasteiger partial charge in [0.1, 0.15) is 6.04 Å². The molecule has 3 aliphatic heterocycles. The number of ether oxygens (including phenoxy) is 2. The third kappa shape index (κ3) is 13.8. The number of nitrogens with zero attached hydrogens (tertiary/aromatic N) is 7. The molecule has 0 unspecified atom stereocenters. The largest absolute Gasteiger partial charge is 0.490 e. The van der Waals surface area contributed by atoms with Crippen LogP contribution in [-0.4, -0.2) is 147 Å². The lowest BCUT2D eigenvalue weighted by Crippen LogP contribution is -2.59. The fourth-order valence-electron chi connectivity index (χ4n) is 13.9. The molecule has 2 aliphatic carbocycles. The van der Waals surface area contributed by atoms with E-state index in [0.29, 0.717) is 69.0 Å². The van der Waals surface area contributed by atoms with Crippen molar-refractivity contribution in [3.05, 3.63) is 147 Å². The number of aryl methyl sites for hydroxylation is 1. The highest BCUT2D eigenvalue weighted by atomic mass is 19.4. The van der Waals surface area contributed by atoms with E-state index in [-0.39, 0.29) is 55.2 Å². The Morgan fingerprint density at radius 2 is 1.22 bits per heavy atom. The molecule has 0 spiro atoms. The zero-order chi connectivity index (χ0) is 60.6. The second-order valence-corrected chi connectivity index (χ2v) is 24.2. The summed E-state index contributed by atoms with van der Waals surface area (Å²) in [6, 6.07) is 33.1. The number of para-hydroxylation sites is 1. The van der Waals surface area contributed by atoms with Crippen molar-refractivity contribution >= 4 is 51.7 Å². The first-order chi connectivity index (χ1) is 41.4. The van der Waals surface area contributed by atoms with Gasteiger partial charge in [-0.15, -0.1) is 0 Å². The number of aliphatic carboxylic acids is 1. The van der Waals surface area contributed by atoms with Crippen molar-refractivity contribution in [3.8, 4) is 0 Å². The molecule has 5 fully saturated rings. The van der Waals surface area contributed by atoms with Gasteiger partial charge in [0.15, 0.2) is 13.5 Å². The van der Waals surface area contributed by atoms with E-state index in [0.717, 1.165) is 129 Å². The van der Waals surface area contributed by atoms with Crippen LogP contribution in [0.2, 0.25) is 0 Å². The maximum absolute atomic E-state index is 14.8. The SMILES string of the molecule is Cc1cc(C[C@@H](NC(=O)N2CCC(c3cc4ccccc4n(COC(=O)C4(c5ccccc5)CCCCC4)c3=O)CC2)C(=O)N2CCN(C3CCN(C)CC3)CC2)cc2cn(COC(=O)C3(c4ccccc4)CCCCC3)nc12.O=C(O)C(F)(F)F. The number of pyridine rings is 1. The summed E-state index contributed by atoms with van der Waals surface area (Å²) in [6.45, 7) is 7.51. The number of carboxylic acids is 1. The molecule has 0 bridgehead atoms. The molecule has 2 N–H and O–H groups in total. The van der Waals surface area contributed by atoms with E-state index < -0.39 is 29.0 Å². The van der Waals surface area contributed by atoms with Gasteiger partial charge in [0.25, 0.3) is 5.56 Å². The van der Waals surface area contributed by atoms with Crippen LogP contribution in [0.1, 0.15) is 124 Å². The number of alkyl halides is 3. The van der Waals surface area contributed by atoms with Crippen LogP contribution in [0.15, 0.2) is 114 Å². The number of urea groups is 1. The minimum atomic E-state index is -5.08. The number of aromatic nitrogens is 3. The zero-order valence-corrected chi connectivity index (χ0v) is 49.3. The highest BCUT2D eigenvalue weighted by Gasteiger charge is 2.45. The lowest BCUT2D eigenvalue weighted by atomic mass is 9.69. The molecule has 6 aromatic rings. The standard InChI is InChI=1S/C64H78N8O7.C2HF3O2/c1-46-39-47(40-50-43-71(66-57(46)50)44-78-60(75)63(27-13-5-14-28-63)51-18-7-3-8-19-51)41-55(59(74)69-37-35-68(36-38-69)53-25-31-67(2)32-26-53)65-62(77)70-33-23-48(24-34-70)54-42-49-17-11-12-22-56(49)72(58(54)73)45-79-61(76)64(29-15-6-16-30-64)52-20-9-4-10-21-52;3-2(4,5)1(6)7/h3-4,7-12,17-22,39-40,42-43,48,53,55H,5-6,13-16,23-38,41,44-45H2,1-2H3,(H,65,77);(H,6,7)/t55-;/m1./s1. The number of carbonyl (C=O) groups excluding carboxylic acids is 4.